The van der Waals surface area contributed by atoms with Crippen molar-refractivity contribution in [3.63, 3.8) is 0 Å². The van der Waals surface area contributed by atoms with Gasteiger partial charge in [0.25, 0.3) is 0 Å². The molecule has 0 radical (unpaired) electrons. The minimum atomic E-state index is 0.514. The predicted molar refractivity (Wildman–Crippen MR) is 122 cm³/mol. The summed E-state index contributed by atoms with van der Waals surface area (Å²) in [5.74, 6) is 1.57. The van der Waals surface area contributed by atoms with Crippen LogP contribution in [0.3, 0.4) is 0 Å². The molecule has 2 N–H and O–H groups in total. The van der Waals surface area contributed by atoms with Gasteiger partial charge in [-0.15, -0.1) is 11.3 Å². The summed E-state index contributed by atoms with van der Waals surface area (Å²) in [7, 11) is 1.88. The highest BCUT2D eigenvalue weighted by Crippen LogP contribution is 2.24. The van der Waals surface area contributed by atoms with Crippen molar-refractivity contribution in [2.24, 2.45) is 10.9 Å². The van der Waals surface area contributed by atoms with Crippen molar-refractivity contribution < 1.29 is 0 Å². The van der Waals surface area contributed by atoms with Crippen molar-refractivity contribution in [2.45, 2.75) is 32.7 Å². The number of guanidine groups is 1. The lowest BCUT2D eigenvalue weighted by molar-refractivity contribution is 0.124. The van der Waals surface area contributed by atoms with Crippen LogP contribution in [0.25, 0.3) is 0 Å². The van der Waals surface area contributed by atoms with Crippen LogP contribution in [-0.2, 0) is 0 Å². The molecule has 1 aromatic heterocycles. The third kappa shape index (κ3) is 6.36. The molecule has 3 rings (SSSR count). The Kier molecular flexibility index (Phi) is 8.43. The molecular weight excluding hydrogens is 368 g/mol. The van der Waals surface area contributed by atoms with E-state index in [4.69, 9.17) is 0 Å². The summed E-state index contributed by atoms with van der Waals surface area (Å²) in [6.45, 7) is 15.0. The van der Waals surface area contributed by atoms with E-state index < -0.39 is 0 Å². The number of piperidine rings is 1. The van der Waals surface area contributed by atoms with Crippen molar-refractivity contribution in [1.82, 2.24) is 20.4 Å². The second-order valence-corrected chi connectivity index (χ2v) is 9.08. The van der Waals surface area contributed by atoms with E-state index >= 15 is 0 Å². The Morgan fingerprint density at radius 1 is 1.18 bits per heavy atom. The number of hydrogen-bond donors (Lipinski definition) is 2. The Bertz CT molecular complexity index is 574. The van der Waals surface area contributed by atoms with Gasteiger partial charge in [0.1, 0.15) is 0 Å². The normalized spacial score (nSPS) is 21.7. The number of rotatable bonds is 7. The first-order valence-electron chi connectivity index (χ1n) is 10.9. The molecule has 7 heteroatoms. The highest BCUT2D eigenvalue weighted by molar-refractivity contribution is 7.14. The lowest BCUT2D eigenvalue weighted by Gasteiger charge is -2.35. The molecule has 0 bridgehead atoms. The molecule has 0 spiro atoms. The number of piperazine rings is 1. The highest BCUT2D eigenvalue weighted by atomic mass is 32.1. The van der Waals surface area contributed by atoms with Crippen LogP contribution in [0.1, 0.15) is 26.7 Å². The lowest BCUT2D eigenvalue weighted by atomic mass is 10.1. The number of anilines is 1. The van der Waals surface area contributed by atoms with Gasteiger partial charge in [-0.1, -0.05) is 13.8 Å². The van der Waals surface area contributed by atoms with Gasteiger partial charge in [-0.25, -0.2) is 0 Å². The third-order valence-electron chi connectivity index (χ3n) is 5.98. The van der Waals surface area contributed by atoms with Gasteiger partial charge in [0.15, 0.2) is 5.96 Å². The molecule has 2 aliphatic heterocycles. The summed E-state index contributed by atoms with van der Waals surface area (Å²) in [6, 6.07) is 4.88. The average Bonchev–Trinajstić information content (AvgIpc) is 3.27. The van der Waals surface area contributed by atoms with Crippen molar-refractivity contribution in [2.75, 3.05) is 70.9 Å². The molecule has 2 aliphatic rings. The van der Waals surface area contributed by atoms with E-state index in [1.165, 1.54) is 44.3 Å². The molecule has 1 aromatic rings. The molecular formula is C21H38N6S. The Morgan fingerprint density at radius 2 is 1.89 bits per heavy atom. The summed E-state index contributed by atoms with van der Waals surface area (Å²) in [6.07, 6.45) is 2.33. The van der Waals surface area contributed by atoms with Gasteiger partial charge < -0.3 is 25.3 Å². The lowest BCUT2D eigenvalue weighted by Crippen LogP contribution is -2.50. The van der Waals surface area contributed by atoms with E-state index in [0.29, 0.717) is 12.0 Å². The minimum Gasteiger partial charge on any atom is -0.363 e. The quantitative estimate of drug-likeness (QED) is 0.537. The van der Waals surface area contributed by atoms with Crippen LogP contribution in [-0.4, -0.2) is 87.8 Å². The fourth-order valence-corrected chi connectivity index (χ4v) is 4.93. The second kappa shape index (κ2) is 11.0. The molecule has 1 atom stereocenters. The molecule has 158 valence electrons. The van der Waals surface area contributed by atoms with Crippen LogP contribution in [0.15, 0.2) is 22.5 Å². The number of aliphatic imine (C=N–C) groups is 1. The summed E-state index contributed by atoms with van der Waals surface area (Å²) < 4.78 is 0. The van der Waals surface area contributed by atoms with Gasteiger partial charge in [0, 0.05) is 65.4 Å². The Balaban J connectivity index is 1.33. The van der Waals surface area contributed by atoms with Gasteiger partial charge in [-0.2, -0.15) is 0 Å². The van der Waals surface area contributed by atoms with Crippen LogP contribution < -0.4 is 15.5 Å². The minimum absolute atomic E-state index is 0.514. The Hall–Kier alpha value is -1.31. The van der Waals surface area contributed by atoms with E-state index in [2.05, 4.69) is 61.7 Å². The zero-order valence-corrected chi connectivity index (χ0v) is 18.7. The van der Waals surface area contributed by atoms with Gasteiger partial charge in [0.2, 0.25) is 0 Å². The molecule has 3 heterocycles. The standard InChI is InChI=1S/C21H38N6S/c1-4-25-11-13-26(14-12-25)17-18(2)16-23-21(22-3)24-19-7-9-27(10-8-19)20-6-5-15-28-20/h5-6,15,18-19H,4,7-14,16-17H2,1-3H3,(H2,22,23,24). The number of hydrogen-bond acceptors (Lipinski definition) is 5. The summed E-state index contributed by atoms with van der Waals surface area (Å²) in [5, 5.41) is 10.8. The summed E-state index contributed by atoms with van der Waals surface area (Å²) in [5.41, 5.74) is 0. The number of likely N-dealkylation sites (N-methyl/N-ethyl adjacent to an activating group) is 1. The monoisotopic (exact) mass is 406 g/mol. The fraction of sp³-hybridized carbons (Fsp3) is 0.762. The van der Waals surface area contributed by atoms with Crippen LogP contribution in [0.2, 0.25) is 0 Å². The SMILES string of the molecule is CCN1CCN(CC(C)CNC(=NC)NC2CCN(c3cccs3)CC2)CC1. The number of nitrogens with zero attached hydrogens (tertiary/aromatic N) is 4. The summed E-state index contributed by atoms with van der Waals surface area (Å²) in [4.78, 5) is 12.1. The molecule has 2 saturated heterocycles. The van der Waals surface area contributed by atoms with E-state index in [9.17, 15) is 0 Å². The van der Waals surface area contributed by atoms with Gasteiger partial charge in [0.05, 0.1) is 5.00 Å². The second-order valence-electron chi connectivity index (χ2n) is 8.15. The molecule has 0 saturated carbocycles. The van der Waals surface area contributed by atoms with Crippen LogP contribution in [0.5, 0.6) is 0 Å². The average molecular weight is 407 g/mol. The smallest absolute Gasteiger partial charge is 0.191 e. The largest absolute Gasteiger partial charge is 0.363 e. The fourth-order valence-electron chi connectivity index (χ4n) is 4.15. The molecule has 6 nitrogen and oxygen atoms in total. The van der Waals surface area contributed by atoms with Crippen molar-refractivity contribution in [3.05, 3.63) is 17.5 Å². The van der Waals surface area contributed by atoms with Gasteiger partial charge >= 0.3 is 0 Å². The highest BCUT2D eigenvalue weighted by Gasteiger charge is 2.21. The maximum absolute atomic E-state index is 4.45. The first-order chi connectivity index (χ1) is 13.7. The number of nitrogens with one attached hydrogen (secondary N) is 2. The van der Waals surface area contributed by atoms with Crippen LogP contribution >= 0.6 is 11.3 Å². The predicted octanol–water partition coefficient (Wildman–Crippen LogP) is 2.16. The van der Waals surface area contributed by atoms with Crippen molar-refractivity contribution in [1.29, 1.82) is 0 Å². The van der Waals surface area contributed by atoms with Crippen molar-refractivity contribution in [3.8, 4) is 0 Å². The first kappa shape index (κ1) is 21.4. The molecule has 28 heavy (non-hydrogen) atoms. The zero-order chi connectivity index (χ0) is 19.8. The molecule has 0 amide bonds. The van der Waals surface area contributed by atoms with Gasteiger partial charge in [-0.05, 0) is 42.8 Å². The number of thiophene rings is 1. The molecule has 1 unspecified atom stereocenters. The zero-order valence-electron chi connectivity index (χ0n) is 17.9. The van der Waals surface area contributed by atoms with Gasteiger partial charge in [-0.3, -0.25) is 4.99 Å². The Labute approximate surface area is 175 Å². The topological polar surface area (TPSA) is 46.1 Å². The van der Waals surface area contributed by atoms with E-state index in [1.54, 1.807) is 0 Å². The molecule has 2 fully saturated rings. The van der Waals surface area contributed by atoms with Crippen LogP contribution in [0.4, 0.5) is 5.00 Å². The maximum Gasteiger partial charge on any atom is 0.191 e. The first-order valence-corrected chi connectivity index (χ1v) is 11.8. The van der Waals surface area contributed by atoms with Crippen molar-refractivity contribution >= 4 is 22.3 Å². The van der Waals surface area contributed by atoms with E-state index in [0.717, 1.165) is 38.4 Å². The molecule has 0 aliphatic carbocycles. The Morgan fingerprint density at radius 3 is 2.50 bits per heavy atom. The van der Waals surface area contributed by atoms with E-state index in [-0.39, 0.29) is 0 Å². The summed E-state index contributed by atoms with van der Waals surface area (Å²) >= 11 is 1.84. The van der Waals surface area contributed by atoms with E-state index in [1.807, 2.05) is 18.4 Å². The third-order valence-corrected chi connectivity index (χ3v) is 6.91. The molecule has 0 aromatic carbocycles. The maximum atomic E-state index is 4.45. The van der Waals surface area contributed by atoms with Crippen LogP contribution in [0, 0.1) is 5.92 Å².